The molecule has 0 spiro atoms. The van der Waals surface area contributed by atoms with Gasteiger partial charge >= 0.3 is 5.97 Å². The Morgan fingerprint density at radius 1 is 1.29 bits per heavy atom. The SMILES string of the molecule is O=C(CI)NCCC(=O)ON1C(=O)CCC1=O. The molecule has 0 aromatic carbocycles. The lowest BCUT2D eigenvalue weighted by atomic mass is 10.4. The van der Waals surface area contributed by atoms with Crippen molar-refractivity contribution in [3.63, 3.8) is 0 Å². The van der Waals surface area contributed by atoms with E-state index in [1.165, 1.54) is 0 Å². The summed E-state index contributed by atoms with van der Waals surface area (Å²) < 4.78 is 0.301. The molecular formula is C9H11IN2O5. The zero-order valence-corrected chi connectivity index (χ0v) is 11.1. The van der Waals surface area contributed by atoms with Crippen molar-refractivity contribution in [2.75, 3.05) is 11.0 Å². The van der Waals surface area contributed by atoms with E-state index in [1.54, 1.807) is 0 Å². The van der Waals surface area contributed by atoms with Gasteiger partial charge < -0.3 is 10.2 Å². The molecule has 0 radical (unpaired) electrons. The van der Waals surface area contributed by atoms with Gasteiger partial charge in [0.05, 0.1) is 10.8 Å². The summed E-state index contributed by atoms with van der Waals surface area (Å²) >= 11 is 1.89. The van der Waals surface area contributed by atoms with Crippen LogP contribution in [0.15, 0.2) is 0 Å². The maximum absolute atomic E-state index is 11.2. The molecule has 1 fully saturated rings. The van der Waals surface area contributed by atoms with Crippen LogP contribution in [-0.2, 0) is 24.0 Å². The van der Waals surface area contributed by atoms with Gasteiger partial charge in [-0.3, -0.25) is 14.4 Å². The summed E-state index contributed by atoms with van der Waals surface area (Å²) in [6.45, 7) is 0.122. The molecule has 3 amide bonds. The number of rotatable bonds is 5. The van der Waals surface area contributed by atoms with Crippen molar-refractivity contribution in [1.82, 2.24) is 10.4 Å². The Hall–Kier alpha value is -1.19. The summed E-state index contributed by atoms with van der Waals surface area (Å²) in [7, 11) is 0. The second-order valence-corrected chi connectivity index (χ2v) is 4.04. The van der Waals surface area contributed by atoms with Gasteiger partial charge in [0, 0.05) is 19.4 Å². The number of imide groups is 1. The predicted octanol–water partition coefficient (Wildman–Crippen LogP) is -0.465. The molecule has 0 aliphatic carbocycles. The lowest BCUT2D eigenvalue weighted by molar-refractivity contribution is -0.197. The standard InChI is InChI=1S/C9H11IN2O5/c10-5-6(13)11-4-3-9(16)17-12-7(14)1-2-8(12)15/h1-5H2,(H,11,13). The maximum atomic E-state index is 11.2. The average molecular weight is 354 g/mol. The first-order chi connectivity index (χ1) is 8.04. The molecule has 1 aliphatic heterocycles. The van der Waals surface area contributed by atoms with Crippen LogP contribution in [-0.4, -0.2) is 39.7 Å². The highest BCUT2D eigenvalue weighted by atomic mass is 127. The lowest BCUT2D eigenvalue weighted by Gasteiger charge is -2.12. The number of nitrogens with zero attached hydrogens (tertiary/aromatic N) is 1. The highest BCUT2D eigenvalue weighted by Gasteiger charge is 2.32. The van der Waals surface area contributed by atoms with E-state index in [-0.39, 0.29) is 31.7 Å². The van der Waals surface area contributed by atoms with Crippen molar-refractivity contribution in [2.24, 2.45) is 0 Å². The number of amides is 3. The van der Waals surface area contributed by atoms with Crippen LogP contribution in [0, 0.1) is 0 Å². The fourth-order valence-electron chi connectivity index (χ4n) is 1.16. The maximum Gasteiger partial charge on any atom is 0.334 e. The minimum Gasteiger partial charge on any atom is -0.355 e. The lowest BCUT2D eigenvalue weighted by Crippen LogP contribution is -2.34. The summed E-state index contributed by atoms with van der Waals surface area (Å²) in [6.07, 6.45) is 0.0504. The topological polar surface area (TPSA) is 92.8 Å². The third kappa shape index (κ3) is 4.29. The van der Waals surface area contributed by atoms with E-state index in [2.05, 4.69) is 10.2 Å². The van der Waals surface area contributed by atoms with Crippen molar-refractivity contribution in [3.05, 3.63) is 0 Å². The number of halogens is 1. The fraction of sp³-hybridized carbons (Fsp3) is 0.556. The number of alkyl halides is 1. The van der Waals surface area contributed by atoms with E-state index in [4.69, 9.17) is 0 Å². The summed E-state index contributed by atoms with van der Waals surface area (Å²) in [5.74, 6) is -1.94. The van der Waals surface area contributed by atoms with Gasteiger partial charge in [-0.25, -0.2) is 4.79 Å². The molecule has 8 heteroatoms. The first-order valence-electron chi connectivity index (χ1n) is 4.94. The smallest absolute Gasteiger partial charge is 0.334 e. The zero-order chi connectivity index (χ0) is 12.8. The molecule has 0 aromatic heterocycles. The molecule has 1 saturated heterocycles. The Morgan fingerprint density at radius 2 is 1.88 bits per heavy atom. The largest absolute Gasteiger partial charge is 0.355 e. The summed E-state index contributed by atoms with van der Waals surface area (Å²) in [5, 5.41) is 2.96. The molecule has 0 aromatic rings. The van der Waals surface area contributed by atoms with Crippen molar-refractivity contribution in [3.8, 4) is 0 Å². The Bertz CT molecular complexity index is 341. The van der Waals surface area contributed by atoms with Crippen molar-refractivity contribution in [2.45, 2.75) is 19.3 Å². The molecule has 94 valence electrons. The van der Waals surface area contributed by atoms with Crippen LogP contribution in [0.5, 0.6) is 0 Å². The van der Waals surface area contributed by atoms with Crippen LogP contribution in [0.25, 0.3) is 0 Å². The van der Waals surface area contributed by atoms with Gasteiger partial charge in [0.25, 0.3) is 11.8 Å². The summed E-state index contributed by atoms with van der Waals surface area (Å²) in [4.78, 5) is 48.9. The molecule has 17 heavy (non-hydrogen) atoms. The second-order valence-electron chi connectivity index (χ2n) is 3.28. The Kier molecular flexibility index (Phi) is 5.32. The van der Waals surface area contributed by atoms with Gasteiger partial charge in [0.1, 0.15) is 0 Å². The fourth-order valence-corrected chi connectivity index (χ4v) is 1.43. The van der Waals surface area contributed by atoms with Crippen LogP contribution in [0.4, 0.5) is 0 Å². The van der Waals surface area contributed by atoms with Crippen LogP contribution >= 0.6 is 22.6 Å². The molecule has 0 unspecified atom stereocenters. The Morgan fingerprint density at radius 3 is 2.41 bits per heavy atom. The van der Waals surface area contributed by atoms with Gasteiger partial charge in [0.2, 0.25) is 5.91 Å². The van der Waals surface area contributed by atoms with E-state index >= 15 is 0 Å². The van der Waals surface area contributed by atoms with Crippen molar-refractivity contribution < 1.29 is 24.0 Å². The molecule has 1 aliphatic rings. The van der Waals surface area contributed by atoms with E-state index in [1.807, 2.05) is 22.6 Å². The normalized spacial score (nSPS) is 15.0. The van der Waals surface area contributed by atoms with Crippen LogP contribution in [0.3, 0.4) is 0 Å². The Labute approximate surface area is 111 Å². The van der Waals surface area contributed by atoms with Gasteiger partial charge in [-0.15, -0.1) is 5.06 Å². The first-order valence-corrected chi connectivity index (χ1v) is 6.46. The van der Waals surface area contributed by atoms with Crippen LogP contribution in [0.2, 0.25) is 0 Å². The minimum atomic E-state index is -0.720. The molecule has 0 saturated carbocycles. The summed E-state index contributed by atoms with van der Waals surface area (Å²) in [6, 6.07) is 0. The number of carbonyl (C=O) groups is 4. The number of carbonyl (C=O) groups excluding carboxylic acids is 4. The van der Waals surface area contributed by atoms with Crippen LogP contribution in [0.1, 0.15) is 19.3 Å². The first kappa shape index (κ1) is 13.9. The third-order valence-corrected chi connectivity index (χ3v) is 2.66. The third-order valence-electron chi connectivity index (χ3n) is 1.97. The second kappa shape index (κ2) is 6.52. The van der Waals surface area contributed by atoms with Gasteiger partial charge in [0.15, 0.2) is 0 Å². The zero-order valence-electron chi connectivity index (χ0n) is 8.90. The quantitative estimate of drug-likeness (QED) is 0.410. The van der Waals surface area contributed by atoms with Crippen molar-refractivity contribution in [1.29, 1.82) is 0 Å². The molecule has 1 N–H and O–H groups in total. The molecule has 1 rings (SSSR count). The minimum absolute atomic E-state index is 0.0671. The van der Waals surface area contributed by atoms with E-state index in [0.717, 1.165) is 0 Å². The average Bonchev–Trinajstić information content (AvgIpc) is 2.60. The molecule has 7 nitrogen and oxygen atoms in total. The Balaban J connectivity index is 2.27. The van der Waals surface area contributed by atoms with E-state index in [0.29, 0.717) is 9.49 Å². The highest BCUT2D eigenvalue weighted by molar-refractivity contribution is 14.1. The number of hydrogen-bond acceptors (Lipinski definition) is 5. The monoisotopic (exact) mass is 354 g/mol. The molecular weight excluding hydrogens is 343 g/mol. The van der Waals surface area contributed by atoms with Gasteiger partial charge in [-0.2, -0.15) is 0 Å². The van der Waals surface area contributed by atoms with Crippen LogP contribution < -0.4 is 5.32 Å². The predicted molar refractivity (Wildman–Crippen MR) is 63.7 cm³/mol. The summed E-state index contributed by atoms with van der Waals surface area (Å²) in [5.41, 5.74) is 0. The molecule has 0 atom stereocenters. The van der Waals surface area contributed by atoms with E-state index < -0.39 is 17.8 Å². The molecule has 0 bridgehead atoms. The number of hydrogen-bond donors (Lipinski definition) is 1. The highest BCUT2D eigenvalue weighted by Crippen LogP contribution is 2.12. The van der Waals surface area contributed by atoms with E-state index in [9.17, 15) is 19.2 Å². The number of nitrogens with one attached hydrogen (secondary N) is 1. The van der Waals surface area contributed by atoms with Crippen molar-refractivity contribution >= 4 is 46.3 Å². The number of hydroxylamine groups is 2. The van der Waals surface area contributed by atoms with Gasteiger partial charge in [-0.05, 0) is 0 Å². The molecule has 1 heterocycles. The van der Waals surface area contributed by atoms with Gasteiger partial charge in [-0.1, -0.05) is 22.6 Å².